The Labute approximate surface area is 204 Å². The molecule has 0 radical (unpaired) electrons. The fourth-order valence-corrected chi connectivity index (χ4v) is 8.83. The van der Waals surface area contributed by atoms with Crippen LogP contribution in [0.2, 0.25) is 5.04 Å². The van der Waals surface area contributed by atoms with E-state index < -0.39 is 48.9 Å². The monoisotopic (exact) mass is 496 g/mol. The standard InChI is InChI=1S/C26H29FN2O5Si/c1-26(2,3)35(20-11-6-4-7-12-20,21-13-8-5-9-14-21)34-18-19(17-30)28-25(31)22-15-10-16-23(24(22)27)29(32)33/h4-16,19,30H,17-18H2,1-3H3,(H,28,31)/t19-/m0/s1. The SMILES string of the molecule is CC(C)(C)[Si](OC[C@H](CO)NC(=O)c1cccc([N+](=O)[O-])c1F)(c1ccccc1)c1ccccc1. The van der Waals surface area contributed by atoms with E-state index in [1.165, 1.54) is 6.07 Å². The first-order chi connectivity index (χ1) is 16.6. The summed E-state index contributed by atoms with van der Waals surface area (Å²) >= 11 is 0. The number of nitrogens with zero attached hydrogens (tertiary/aromatic N) is 1. The van der Waals surface area contributed by atoms with Crippen LogP contribution in [0.3, 0.4) is 0 Å². The van der Waals surface area contributed by atoms with Gasteiger partial charge in [-0.1, -0.05) is 87.5 Å². The number of rotatable bonds is 9. The number of nitro groups is 1. The minimum absolute atomic E-state index is 0.0356. The Hall–Kier alpha value is -3.40. The zero-order chi connectivity index (χ0) is 25.6. The number of benzene rings is 3. The maximum Gasteiger partial charge on any atom is 0.305 e. The molecule has 0 aromatic heterocycles. The predicted molar refractivity (Wildman–Crippen MR) is 135 cm³/mol. The largest absolute Gasteiger partial charge is 0.405 e. The summed E-state index contributed by atoms with van der Waals surface area (Å²) < 4.78 is 21.2. The van der Waals surface area contributed by atoms with Crippen molar-refractivity contribution in [2.75, 3.05) is 13.2 Å². The molecule has 0 fully saturated rings. The molecule has 184 valence electrons. The maximum absolute atomic E-state index is 14.5. The number of nitro benzene ring substituents is 1. The Morgan fingerprint density at radius 2 is 1.57 bits per heavy atom. The third kappa shape index (κ3) is 5.48. The number of aliphatic hydroxyl groups is 1. The van der Waals surface area contributed by atoms with Crippen LogP contribution in [0.4, 0.5) is 10.1 Å². The van der Waals surface area contributed by atoms with Crippen LogP contribution >= 0.6 is 0 Å². The van der Waals surface area contributed by atoms with Crippen molar-refractivity contribution in [3.63, 3.8) is 0 Å². The molecule has 35 heavy (non-hydrogen) atoms. The van der Waals surface area contributed by atoms with Gasteiger partial charge in [-0.3, -0.25) is 14.9 Å². The van der Waals surface area contributed by atoms with E-state index in [1.807, 2.05) is 60.7 Å². The molecule has 0 bridgehead atoms. The first-order valence-electron chi connectivity index (χ1n) is 11.2. The van der Waals surface area contributed by atoms with E-state index in [0.717, 1.165) is 22.5 Å². The molecule has 0 saturated heterocycles. The fraction of sp³-hybridized carbons (Fsp3) is 0.269. The molecule has 0 spiro atoms. The molecule has 3 rings (SSSR count). The van der Waals surface area contributed by atoms with Crippen molar-refractivity contribution in [1.29, 1.82) is 0 Å². The molecule has 9 heteroatoms. The molecule has 1 amide bonds. The number of amides is 1. The van der Waals surface area contributed by atoms with E-state index in [0.29, 0.717) is 0 Å². The van der Waals surface area contributed by atoms with E-state index in [2.05, 4.69) is 26.1 Å². The van der Waals surface area contributed by atoms with Crippen molar-refractivity contribution in [1.82, 2.24) is 5.32 Å². The Bertz CT molecular complexity index is 1130. The molecule has 0 aliphatic carbocycles. The van der Waals surface area contributed by atoms with Crippen LogP contribution in [0.15, 0.2) is 78.9 Å². The van der Waals surface area contributed by atoms with Crippen molar-refractivity contribution < 1.29 is 23.6 Å². The summed E-state index contributed by atoms with van der Waals surface area (Å²) in [5.41, 5.74) is -1.26. The van der Waals surface area contributed by atoms with E-state index in [1.54, 1.807) is 0 Å². The second-order valence-electron chi connectivity index (χ2n) is 9.22. The maximum atomic E-state index is 14.5. The minimum atomic E-state index is -2.92. The number of carbonyl (C=O) groups excluding carboxylic acids is 1. The molecule has 0 unspecified atom stereocenters. The lowest BCUT2D eigenvalue weighted by atomic mass is 10.1. The van der Waals surface area contributed by atoms with Gasteiger partial charge in [-0.15, -0.1) is 0 Å². The highest BCUT2D eigenvalue weighted by Crippen LogP contribution is 2.36. The Morgan fingerprint density at radius 3 is 2.03 bits per heavy atom. The highest BCUT2D eigenvalue weighted by Gasteiger charge is 2.50. The van der Waals surface area contributed by atoms with Crippen molar-refractivity contribution >= 4 is 30.3 Å². The van der Waals surface area contributed by atoms with Gasteiger partial charge in [-0.25, -0.2) is 0 Å². The molecule has 3 aromatic carbocycles. The Kier molecular flexibility index (Phi) is 8.16. The molecule has 3 aromatic rings. The van der Waals surface area contributed by atoms with Gasteiger partial charge in [0.15, 0.2) is 0 Å². The average molecular weight is 497 g/mol. The van der Waals surface area contributed by atoms with Crippen LogP contribution in [0.25, 0.3) is 0 Å². The summed E-state index contributed by atoms with van der Waals surface area (Å²) in [6, 6.07) is 22.3. The molecule has 7 nitrogen and oxygen atoms in total. The number of hydrogen-bond acceptors (Lipinski definition) is 5. The van der Waals surface area contributed by atoms with Gasteiger partial charge in [-0.2, -0.15) is 4.39 Å². The van der Waals surface area contributed by atoms with Gasteiger partial charge in [0, 0.05) is 6.07 Å². The summed E-state index contributed by atoms with van der Waals surface area (Å²) in [5, 5.41) is 25.3. The Morgan fingerprint density at radius 1 is 1.03 bits per heavy atom. The zero-order valence-electron chi connectivity index (χ0n) is 19.9. The fourth-order valence-electron chi connectivity index (χ4n) is 4.23. The molecular formula is C26H29FN2O5Si. The van der Waals surface area contributed by atoms with Gasteiger partial charge in [-0.05, 0) is 21.5 Å². The third-order valence-electron chi connectivity index (χ3n) is 5.89. The van der Waals surface area contributed by atoms with Crippen LogP contribution in [0, 0.1) is 15.9 Å². The zero-order valence-corrected chi connectivity index (χ0v) is 20.9. The third-order valence-corrected chi connectivity index (χ3v) is 10.9. The summed E-state index contributed by atoms with van der Waals surface area (Å²) in [7, 11) is -2.92. The van der Waals surface area contributed by atoms with Gasteiger partial charge >= 0.3 is 5.69 Å². The summed E-state index contributed by atoms with van der Waals surface area (Å²) in [5.74, 6) is -2.09. The highest BCUT2D eigenvalue weighted by molar-refractivity contribution is 6.99. The normalized spacial score (nSPS) is 12.7. The topological polar surface area (TPSA) is 102 Å². The smallest absolute Gasteiger partial charge is 0.305 e. The molecular weight excluding hydrogens is 467 g/mol. The summed E-state index contributed by atoms with van der Waals surface area (Å²) in [6.45, 7) is 5.81. The van der Waals surface area contributed by atoms with Crippen molar-refractivity contribution in [3.05, 3.63) is 100 Å². The first-order valence-corrected chi connectivity index (χ1v) is 13.1. The molecule has 0 saturated carbocycles. The van der Waals surface area contributed by atoms with Crippen LogP contribution in [-0.4, -0.2) is 43.5 Å². The lowest BCUT2D eigenvalue weighted by molar-refractivity contribution is -0.387. The second-order valence-corrected chi connectivity index (χ2v) is 13.5. The summed E-state index contributed by atoms with van der Waals surface area (Å²) in [6.07, 6.45) is 0. The predicted octanol–water partition coefficient (Wildman–Crippen LogP) is 3.40. The minimum Gasteiger partial charge on any atom is -0.405 e. The first kappa shape index (κ1) is 26.2. The van der Waals surface area contributed by atoms with E-state index >= 15 is 0 Å². The van der Waals surface area contributed by atoms with E-state index in [-0.39, 0.29) is 11.6 Å². The molecule has 1 atom stereocenters. The van der Waals surface area contributed by atoms with Crippen LogP contribution < -0.4 is 15.7 Å². The second kappa shape index (κ2) is 10.9. The van der Waals surface area contributed by atoms with Crippen molar-refractivity contribution in [2.24, 2.45) is 0 Å². The molecule has 2 N–H and O–H groups in total. The van der Waals surface area contributed by atoms with Gasteiger partial charge in [0.2, 0.25) is 5.82 Å². The van der Waals surface area contributed by atoms with Gasteiger partial charge in [0.25, 0.3) is 14.2 Å². The number of carbonyl (C=O) groups is 1. The van der Waals surface area contributed by atoms with E-state index in [4.69, 9.17) is 4.43 Å². The summed E-state index contributed by atoms with van der Waals surface area (Å²) in [4.78, 5) is 22.9. The number of nitrogens with one attached hydrogen (secondary N) is 1. The molecule has 0 aliphatic heterocycles. The van der Waals surface area contributed by atoms with Gasteiger partial charge in [0.1, 0.15) is 0 Å². The number of hydrogen-bond donors (Lipinski definition) is 2. The average Bonchev–Trinajstić information content (AvgIpc) is 2.84. The van der Waals surface area contributed by atoms with Crippen LogP contribution in [0.5, 0.6) is 0 Å². The van der Waals surface area contributed by atoms with Gasteiger partial charge in [0.05, 0.1) is 29.7 Å². The molecule has 0 heterocycles. The van der Waals surface area contributed by atoms with Gasteiger partial charge < -0.3 is 14.8 Å². The lowest BCUT2D eigenvalue weighted by Crippen LogP contribution is -2.67. The molecule has 0 aliphatic rings. The quantitative estimate of drug-likeness (QED) is 0.269. The Balaban J connectivity index is 1.93. The lowest BCUT2D eigenvalue weighted by Gasteiger charge is -2.43. The van der Waals surface area contributed by atoms with Crippen molar-refractivity contribution in [2.45, 2.75) is 31.9 Å². The van der Waals surface area contributed by atoms with Crippen LogP contribution in [0.1, 0.15) is 31.1 Å². The highest BCUT2D eigenvalue weighted by atomic mass is 28.4. The number of aliphatic hydroxyl groups excluding tert-OH is 1. The van der Waals surface area contributed by atoms with E-state index in [9.17, 15) is 24.4 Å². The van der Waals surface area contributed by atoms with Crippen molar-refractivity contribution in [3.8, 4) is 0 Å². The number of halogens is 1. The van der Waals surface area contributed by atoms with Crippen LogP contribution in [-0.2, 0) is 4.43 Å².